The van der Waals surface area contributed by atoms with Gasteiger partial charge in [0.15, 0.2) is 5.11 Å². The van der Waals surface area contributed by atoms with Gasteiger partial charge in [-0.15, -0.1) is 0 Å². The van der Waals surface area contributed by atoms with Gasteiger partial charge in [0.05, 0.1) is 31.5 Å². The van der Waals surface area contributed by atoms with Crippen LogP contribution in [0.1, 0.15) is 46.5 Å². The Morgan fingerprint density at radius 2 is 1.81 bits per heavy atom. The van der Waals surface area contributed by atoms with E-state index in [1.165, 1.54) is 7.11 Å². The number of hydrogen-bond acceptors (Lipinski definition) is 5. The van der Waals surface area contributed by atoms with Gasteiger partial charge in [-0.05, 0) is 25.1 Å². The SMILES string of the molecule is CC.CCCCOC(=O)CCCNC(=S)Nc1cc(OC)c(Cl)cc1OC. The monoisotopic (exact) mass is 418 g/mol. The number of rotatable bonds is 10. The second-order valence-electron chi connectivity index (χ2n) is 5.25. The highest BCUT2D eigenvalue weighted by molar-refractivity contribution is 7.80. The lowest BCUT2D eigenvalue weighted by Gasteiger charge is -2.15. The first-order valence-corrected chi connectivity index (χ1v) is 9.92. The normalized spacial score (nSPS) is 9.56. The van der Waals surface area contributed by atoms with E-state index in [0.29, 0.717) is 53.3 Å². The van der Waals surface area contributed by atoms with Crippen molar-refractivity contribution in [1.29, 1.82) is 0 Å². The molecule has 6 nitrogen and oxygen atoms in total. The topological polar surface area (TPSA) is 68.8 Å². The van der Waals surface area contributed by atoms with Gasteiger partial charge in [0.1, 0.15) is 11.5 Å². The fourth-order valence-electron chi connectivity index (χ4n) is 1.96. The number of ether oxygens (including phenoxy) is 3. The maximum atomic E-state index is 11.5. The zero-order valence-corrected chi connectivity index (χ0v) is 18.4. The zero-order valence-electron chi connectivity index (χ0n) is 16.8. The third-order valence-electron chi connectivity index (χ3n) is 3.33. The van der Waals surface area contributed by atoms with Gasteiger partial charge < -0.3 is 24.8 Å². The Kier molecular flexibility index (Phi) is 14.4. The Labute approximate surface area is 172 Å². The summed E-state index contributed by atoms with van der Waals surface area (Å²) in [5.74, 6) is 0.885. The second-order valence-corrected chi connectivity index (χ2v) is 6.06. The predicted molar refractivity (Wildman–Crippen MR) is 115 cm³/mol. The van der Waals surface area contributed by atoms with E-state index >= 15 is 0 Å². The molecule has 1 aromatic carbocycles. The van der Waals surface area contributed by atoms with Crippen LogP contribution in [0.25, 0.3) is 0 Å². The maximum Gasteiger partial charge on any atom is 0.305 e. The van der Waals surface area contributed by atoms with Crippen molar-refractivity contribution >= 4 is 40.6 Å². The first-order chi connectivity index (χ1) is 13.0. The van der Waals surface area contributed by atoms with Crippen molar-refractivity contribution in [2.24, 2.45) is 0 Å². The van der Waals surface area contributed by atoms with Gasteiger partial charge in [0.25, 0.3) is 0 Å². The van der Waals surface area contributed by atoms with Crippen LogP contribution in [-0.4, -0.2) is 38.5 Å². The molecule has 0 saturated carbocycles. The molecule has 0 atom stereocenters. The van der Waals surface area contributed by atoms with Crippen molar-refractivity contribution < 1.29 is 19.0 Å². The molecule has 0 spiro atoms. The minimum absolute atomic E-state index is 0.182. The van der Waals surface area contributed by atoms with Gasteiger partial charge in [0, 0.05) is 25.1 Å². The standard InChI is InChI=1S/C17H25ClN2O4S.C2H6/c1-4-5-9-24-16(21)7-6-8-19-17(25)20-13-11-14(22-2)12(18)10-15(13)23-3;1-2/h10-11H,4-9H2,1-3H3,(H2,19,20,25);1-2H3. The van der Waals surface area contributed by atoms with Crippen LogP contribution >= 0.6 is 23.8 Å². The average Bonchev–Trinajstić information content (AvgIpc) is 2.68. The Morgan fingerprint density at radius 3 is 2.41 bits per heavy atom. The number of methoxy groups -OCH3 is 2. The van der Waals surface area contributed by atoms with Gasteiger partial charge in [0.2, 0.25) is 0 Å². The number of esters is 1. The van der Waals surface area contributed by atoms with Gasteiger partial charge >= 0.3 is 5.97 Å². The molecule has 0 aliphatic rings. The number of thiocarbonyl (C=S) groups is 1. The van der Waals surface area contributed by atoms with Crippen LogP contribution in [0, 0.1) is 0 Å². The minimum Gasteiger partial charge on any atom is -0.495 e. The lowest BCUT2D eigenvalue weighted by atomic mass is 10.2. The molecular formula is C19H31ClN2O4S. The number of anilines is 1. The summed E-state index contributed by atoms with van der Waals surface area (Å²) in [6, 6.07) is 3.36. The van der Waals surface area contributed by atoms with Gasteiger partial charge in [-0.3, -0.25) is 4.79 Å². The molecule has 0 amide bonds. The Hall–Kier alpha value is -1.73. The number of nitrogens with one attached hydrogen (secondary N) is 2. The largest absolute Gasteiger partial charge is 0.495 e. The number of carbonyl (C=O) groups is 1. The van der Waals surface area contributed by atoms with E-state index in [9.17, 15) is 4.79 Å². The average molecular weight is 419 g/mol. The van der Waals surface area contributed by atoms with Gasteiger partial charge in [-0.25, -0.2) is 0 Å². The van der Waals surface area contributed by atoms with E-state index in [4.69, 9.17) is 38.0 Å². The van der Waals surface area contributed by atoms with E-state index in [1.807, 2.05) is 13.8 Å². The van der Waals surface area contributed by atoms with Crippen LogP contribution in [-0.2, 0) is 9.53 Å². The van der Waals surface area contributed by atoms with E-state index in [0.717, 1.165) is 12.8 Å². The molecule has 0 aromatic heterocycles. The molecule has 27 heavy (non-hydrogen) atoms. The van der Waals surface area contributed by atoms with Crippen LogP contribution in [0.2, 0.25) is 5.02 Å². The molecule has 0 aliphatic heterocycles. The third kappa shape index (κ3) is 10.2. The summed E-state index contributed by atoms with van der Waals surface area (Å²) in [7, 11) is 3.08. The molecule has 0 heterocycles. The first-order valence-electron chi connectivity index (χ1n) is 9.13. The summed E-state index contributed by atoms with van der Waals surface area (Å²) >= 11 is 11.3. The summed E-state index contributed by atoms with van der Waals surface area (Å²) in [5.41, 5.74) is 0.639. The van der Waals surface area contributed by atoms with Crippen molar-refractivity contribution in [3.8, 4) is 11.5 Å². The molecule has 0 fully saturated rings. The third-order valence-corrected chi connectivity index (χ3v) is 3.87. The van der Waals surface area contributed by atoms with Gasteiger partial charge in [-0.1, -0.05) is 38.8 Å². The first kappa shape index (κ1) is 25.3. The fourth-order valence-corrected chi connectivity index (χ4v) is 2.40. The summed E-state index contributed by atoms with van der Waals surface area (Å²) < 4.78 is 15.6. The fraction of sp³-hybridized carbons (Fsp3) is 0.579. The molecule has 1 rings (SSSR count). The number of benzene rings is 1. The minimum atomic E-state index is -0.182. The molecule has 0 saturated heterocycles. The molecule has 0 bridgehead atoms. The predicted octanol–water partition coefficient (Wildman–Crippen LogP) is 4.79. The molecule has 0 radical (unpaired) electrons. The Bertz CT molecular complexity index is 585. The molecule has 0 unspecified atom stereocenters. The maximum absolute atomic E-state index is 11.5. The van der Waals surface area contributed by atoms with Crippen LogP contribution in [0.15, 0.2) is 12.1 Å². The van der Waals surface area contributed by atoms with Crippen LogP contribution in [0.4, 0.5) is 5.69 Å². The highest BCUT2D eigenvalue weighted by Crippen LogP contribution is 2.35. The van der Waals surface area contributed by atoms with E-state index < -0.39 is 0 Å². The van der Waals surface area contributed by atoms with Crippen molar-refractivity contribution in [1.82, 2.24) is 5.32 Å². The molecule has 0 aliphatic carbocycles. The number of carbonyl (C=O) groups excluding carboxylic acids is 1. The second kappa shape index (κ2) is 15.3. The smallest absolute Gasteiger partial charge is 0.305 e. The van der Waals surface area contributed by atoms with E-state index in [-0.39, 0.29) is 5.97 Å². The van der Waals surface area contributed by atoms with Crippen LogP contribution < -0.4 is 20.1 Å². The quantitative estimate of drug-likeness (QED) is 0.321. The van der Waals surface area contributed by atoms with E-state index in [1.54, 1.807) is 19.2 Å². The lowest BCUT2D eigenvalue weighted by Crippen LogP contribution is -2.29. The number of unbranched alkanes of at least 4 members (excludes halogenated alkanes) is 1. The van der Waals surface area contributed by atoms with Crippen molar-refractivity contribution in [2.45, 2.75) is 46.5 Å². The number of hydrogen-bond donors (Lipinski definition) is 2. The van der Waals surface area contributed by atoms with Crippen molar-refractivity contribution in [3.63, 3.8) is 0 Å². The highest BCUT2D eigenvalue weighted by atomic mass is 35.5. The summed E-state index contributed by atoms with van der Waals surface area (Å²) in [6.07, 6.45) is 2.89. The van der Waals surface area contributed by atoms with Crippen LogP contribution in [0.3, 0.4) is 0 Å². The molecule has 2 N–H and O–H groups in total. The summed E-state index contributed by atoms with van der Waals surface area (Å²) in [6.45, 7) is 7.10. The number of halogens is 1. The molecule has 154 valence electrons. The summed E-state index contributed by atoms with van der Waals surface area (Å²) in [4.78, 5) is 11.5. The Morgan fingerprint density at radius 1 is 1.15 bits per heavy atom. The summed E-state index contributed by atoms with van der Waals surface area (Å²) in [5, 5.41) is 6.94. The molecule has 8 heteroatoms. The zero-order chi connectivity index (χ0) is 20.7. The van der Waals surface area contributed by atoms with Gasteiger partial charge in [-0.2, -0.15) is 0 Å². The van der Waals surface area contributed by atoms with Crippen molar-refractivity contribution in [3.05, 3.63) is 17.2 Å². The lowest BCUT2D eigenvalue weighted by molar-refractivity contribution is -0.143. The molecule has 1 aromatic rings. The Balaban J connectivity index is 0.00000326. The van der Waals surface area contributed by atoms with Crippen LogP contribution in [0.5, 0.6) is 11.5 Å². The highest BCUT2D eigenvalue weighted by Gasteiger charge is 2.11. The van der Waals surface area contributed by atoms with E-state index in [2.05, 4.69) is 17.6 Å². The molecular weight excluding hydrogens is 388 g/mol. The van der Waals surface area contributed by atoms with Crippen molar-refractivity contribution in [2.75, 3.05) is 32.7 Å².